The van der Waals surface area contributed by atoms with Crippen LogP contribution in [0.3, 0.4) is 0 Å². The average molecular weight is 284 g/mol. The molecule has 0 radical (unpaired) electrons. The van der Waals surface area contributed by atoms with E-state index >= 15 is 0 Å². The summed E-state index contributed by atoms with van der Waals surface area (Å²) < 4.78 is 0. The van der Waals surface area contributed by atoms with E-state index in [1.54, 1.807) is 0 Å². The van der Waals surface area contributed by atoms with Crippen LogP contribution in [0, 0.1) is 6.92 Å². The van der Waals surface area contributed by atoms with Crippen molar-refractivity contribution in [1.82, 2.24) is 9.88 Å². The summed E-state index contributed by atoms with van der Waals surface area (Å²) in [7, 11) is 0. The van der Waals surface area contributed by atoms with E-state index in [2.05, 4.69) is 49.8 Å². The highest BCUT2D eigenvalue weighted by molar-refractivity contribution is 9.09. The van der Waals surface area contributed by atoms with E-state index in [1.807, 2.05) is 6.20 Å². The van der Waals surface area contributed by atoms with Crippen LogP contribution in [0.5, 0.6) is 0 Å². The van der Waals surface area contributed by atoms with E-state index in [0.717, 1.165) is 43.9 Å². The first kappa shape index (κ1) is 11.9. The van der Waals surface area contributed by atoms with E-state index in [1.165, 1.54) is 5.56 Å². The predicted molar refractivity (Wildman–Crippen MR) is 71.4 cm³/mol. The molecule has 0 aliphatic carbocycles. The van der Waals surface area contributed by atoms with Gasteiger partial charge in [-0.15, -0.1) is 0 Å². The number of anilines is 1. The molecule has 1 saturated heterocycles. The molecule has 1 fully saturated rings. The number of piperazine rings is 1. The summed E-state index contributed by atoms with van der Waals surface area (Å²) in [6.45, 7) is 7.67. The first-order valence-electron chi connectivity index (χ1n) is 5.75. The Labute approximate surface area is 106 Å². The first-order valence-corrected chi connectivity index (χ1v) is 6.87. The fourth-order valence-corrected chi connectivity index (χ4v) is 2.47. The zero-order valence-electron chi connectivity index (χ0n) is 9.69. The molecule has 1 aliphatic heterocycles. The summed E-state index contributed by atoms with van der Waals surface area (Å²) in [5.74, 6) is 1.11. The van der Waals surface area contributed by atoms with Gasteiger partial charge in [-0.2, -0.15) is 0 Å². The molecule has 0 atom stereocenters. The molecule has 0 N–H and O–H groups in total. The number of halogens is 1. The zero-order chi connectivity index (χ0) is 11.4. The number of alkyl halides is 1. The second kappa shape index (κ2) is 5.64. The molecular formula is C12H18BrN3. The van der Waals surface area contributed by atoms with Crippen molar-refractivity contribution in [2.45, 2.75) is 6.92 Å². The number of nitrogens with zero attached hydrogens (tertiary/aromatic N) is 3. The number of rotatable bonds is 3. The molecule has 1 aromatic rings. The van der Waals surface area contributed by atoms with Crippen molar-refractivity contribution < 1.29 is 0 Å². The molecule has 0 unspecified atom stereocenters. The molecule has 16 heavy (non-hydrogen) atoms. The lowest BCUT2D eigenvalue weighted by Crippen LogP contribution is -2.47. The molecule has 0 saturated carbocycles. The molecule has 4 heteroatoms. The number of hydrogen-bond acceptors (Lipinski definition) is 3. The SMILES string of the molecule is Cc1ccc(N2CCN(CCBr)CC2)nc1. The predicted octanol–water partition coefficient (Wildman–Crippen LogP) is 1.91. The smallest absolute Gasteiger partial charge is 0.128 e. The van der Waals surface area contributed by atoms with Crippen LogP contribution < -0.4 is 4.90 Å². The van der Waals surface area contributed by atoms with Gasteiger partial charge in [0, 0.05) is 44.3 Å². The Hall–Kier alpha value is -0.610. The Morgan fingerprint density at radius 3 is 2.56 bits per heavy atom. The maximum atomic E-state index is 4.47. The molecule has 1 aromatic heterocycles. The molecular weight excluding hydrogens is 266 g/mol. The van der Waals surface area contributed by atoms with Crippen LogP contribution in [0.15, 0.2) is 18.3 Å². The normalized spacial score (nSPS) is 17.8. The van der Waals surface area contributed by atoms with Crippen molar-refractivity contribution in [2.75, 3.05) is 43.0 Å². The Balaban J connectivity index is 1.91. The summed E-state index contributed by atoms with van der Waals surface area (Å²) in [4.78, 5) is 9.32. The lowest BCUT2D eigenvalue weighted by atomic mass is 10.3. The molecule has 1 aliphatic rings. The topological polar surface area (TPSA) is 19.4 Å². The minimum Gasteiger partial charge on any atom is -0.354 e. The Kier molecular flexibility index (Phi) is 4.18. The van der Waals surface area contributed by atoms with Crippen molar-refractivity contribution in [2.24, 2.45) is 0 Å². The van der Waals surface area contributed by atoms with E-state index < -0.39 is 0 Å². The number of hydrogen-bond donors (Lipinski definition) is 0. The summed E-state index contributed by atoms with van der Waals surface area (Å²) in [6.07, 6.45) is 1.94. The summed E-state index contributed by atoms with van der Waals surface area (Å²) >= 11 is 3.49. The highest BCUT2D eigenvalue weighted by Gasteiger charge is 2.16. The van der Waals surface area contributed by atoms with Gasteiger partial charge in [-0.25, -0.2) is 4.98 Å². The maximum absolute atomic E-state index is 4.47. The minimum atomic E-state index is 1.07. The van der Waals surface area contributed by atoms with Gasteiger partial charge >= 0.3 is 0 Å². The van der Waals surface area contributed by atoms with Gasteiger partial charge in [-0.3, -0.25) is 4.90 Å². The first-order chi connectivity index (χ1) is 7.79. The zero-order valence-corrected chi connectivity index (χ0v) is 11.3. The lowest BCUT2D eigenvalue weighted by Gasteiger charge is -2.35. The van der Waals surface area contributed by atoms with E-state index in [4.69, 9.17) is 0 Å². The van der Waals surface area contributed by atoms with Gasteiger partial charge in [0.1, 0.15) is 5.82 Å². The van der Waals surface area contributed by atoms with Crippen molar-refractivity contribution in [1.29, 1.82) is 0 Å². The molecule has 3 nitrogen and oxygen atoms in total. The van der Waals surface area contributed by atoms with Gasteiger partial charge < -0.3 is 4.90 Å². The summed E-state index contributed by atoms with van der Waals surface area (Å²) in [5, 5.41) is 1.07. The molecule has 2 rings (SSSR count). The minimum absolute atomic E-state index is 1.07. The molecule has 0 aromatic carbocycles. The van der Waals surface area contributed by atoms with Gasteiger partial charge in [0.05, 0.1) is 0 Å². The van der Waals surface area contributed by atoms with Gasteiger partial charge in [-0.1, -0.05) is 22.0 Å². The van der Waals surface area contributed by atoms with Crippen LogP contribution in [0.1, 0.15) is 5.56 Å². The standard InChI is InChI=1S/C12H18BrN3/c1-11-2-3-12(14-10-11)16-8-6-15(5-4-13)7-9-16/h2-3,10H,4-9H2,1H3. The Morgan fingerprint density at radius 2 is 2.00 bits per heavy atom. The van der Waals surface area contributed by atoms with Gasteiger partial charge in [0.15, 0.2) is 0 Å². The fraction of sp³-hybridized carbons (Fsp3) is 0.583. The number of aryl methyl sites for hydroxylation is 1. The number of aromatic nitrogens is 1. The Morgan fingerprint density at radius 1 is 1.25 bits per heavy atom. The van der Waals surface area contributed by atoms with Crippen molar-refractivity contribution in [3.8, 4) is 0 Å². The molecule has 2 heterocycles. The monoisotopic (exact) mass is 283 g/mol. The van der Waals surface area contributed by atoms with Crippen LogP contribution in [-0.4, -0.2) is 47.9 Å². The van der Waals surface area contributed by atoms with E-state index in [-0.39, 0.29) is 0 Å². The van der Waals surface area contributed by atoms with Crippen LogP contribution in [0.4, 0.5) is 5.82 Å². The number of pyridine rings is 1. The van der Waals surface area contributed by atoms with Crippen molar-refractivity contribution in [3.05, 3.63) is 23.9 Å². The molecule has 88 valence electrons. The van der Waals surface area contributed by atoms with Crippen LogP contribution in [0.25, 0.3) is 0 Å². The van der Waals surface area contributed by atoms with Crippen LogP contribution in [0.2, 0.25) is 0 Å². The lowest BCUT2D eigenvalue weighted by molar-refractivity contribution is 0.273. The van der Waals surface area contributed by atoms with E-state index in [9.17, 15) is 0 Å². The highest BCUT2D eigenvalue weighted by Crippen LogP contribution is 2.13. The second-order valence-electron chi connectivity index (χ2n) is 4.21. The van der Waals surface area contributed by atoms with Gasteiger partial charge in [-0.05, 0) is 18.6 Å². The maximum Gasteiger partial charge on any atom is 0.128 e. The Bertz CT molecular complexity index is 318. The third kappa shape index (κ3) is 2.95. The van der Waals surface area contributed by atoms with Gasteiger partial charge in [0.2, 0.25) is 0 Å². The van der Waals surface area contributed by atoms with Crippen molar-refractivity contribution in [3.63, 3.8) is 0 Å². The molecule has 0 amide bonds. The third-order valence-electron chi connectivity index (χ3n) is 2.99. The fourth-order valence-electron chi connectivity index (χ4n) is 1.97. The van der Waals surface area contributed by atoms with Crippen LogP contribution in [-0.2, 0) is 0 Å². The largest absolute Gasteiger partial charge is 0.354 e. The second-order valence-corrected chi connectivity index (χ2v) is 5.00. The molecule has 0 bridgehead atoms. The quantitative estimate of drug-likeness (QED) is 0.790. The van der Waals surface area contributed by atoms with Gasteiger partial charge in [0.25, 0.3) is 0 Å². The summed E-state index contributed by atoms with van der Waals surface area (Å²) in [5.41, 5.74) is 1.22. The summed E-state index contributed by atoms with van der Waals surface area (Å²) in [6, 6.07) is 4.25. The highest BCUT2D eigenvalue weighted by atomic mass is 79.9. The molecule has 0 spiro atoms. The van der Waals surface area contributed by atoms with Crippen LogP contribution >= 0.6 is 15.9 Å². The van der Waals surface area contributed by atoms with Crippen molar-refractivity contribution >= 4 is 21.7 Å². The average Bonchev–Trinajstić information content (AvgIpc) is 2.32. The third-order valence-corrected chi connectivity index (χ3v) is 3.35. The van der Waals surface area contributed by atoms with E-state index in [0.29, 0.717) is 0 Å².